The predicted octanol–water partition coefficient (Wildman–Crippen LogP) is 2.98. The molecule has 0 bridgehead atoms. The summed E-state index contributed by atoms with van der Waals surface area (Å²) < 4.78 is 58.7. The first-order valence-corrected chi connectivity index (χ1v) is 9.91. The summed E-state index contributed by atoms with van der Waals surface area (Å²) >= 11 is 0. The lowest BCUT2D eigenvalue weighted by atomic mass is 10.0. The molecular formula is C19H16F2N2O4S. The number of benzene rings is 2. The van der Waals surface area contributed by atoms with Gasteiger partial charge in [-0.25, -0.2) is 22.0 Å². The van der Waals surface area contributed by atoms with E-state index in [0.717, 1.165) is 28.9 Å². The summed E-state index contributed by atoms with van der Waals surface area (Å²) in [6, 6.07) is 7.24. The van der Waals surface area contributed by atoms with Crippen molar-refractivity contribution in [3.05, 3.63) is 64.9 Å². The van der Waals surface area contributed by atoms with Crippen LogP contribution >= 0.6 is 0 Å². The minimum atomic E-state index is -4.08. The number of carbonyl (C=O) groups excluding carboxylic acids is 1. The number of sulfonamides is 1. The van der Waals surface area contributed by atoms with Crippen LogP contribution in [0.1, 0.15) is 21.6 Å². The zero-order valence-corrected chi connectivity index (χ0v) is 15.6. The van der Waals surface area contributed by atoms with Gasteiger partial charge in [0.05, 0.1) is 17.6 Å². The number of methoxy groups -OCH3 is 1. The van der Waals surface area contributed by atoms with Crippen LogP contribution in [-0.2, 0) is 27.7 Å². The molecule has 28 heavy (non-hydrogen) atoms. The van der Waals surface area contributed by atoms with Gasteiger partial charge in [0.1, 0.15) is 11.6 Å². The fourth-order valence-corrected chi connectivity index (χ4v) is 4.92. The molecule has 4 rings (SSSR count). The molecule has 2 aromatic carbocycles. The summed E-state index contributed by atoms with van der Waals surface area (Å²) in [6.07, 6.45) is 0.411. The number of aromatic nitrogens is 1. The summed E-state index contributed by atoms with van der Waals surface area (Å²) in [4.78, 5) is 14.6. The molecule has 0 spiro atoms. The normalized spacial score (nSPS) is 14.8. The third-order valence-corrected chi connectivity index (χ3v) is 6.66. The van der Waals surface area contributed by atoms with Gasteiger partial charge in [-0.05, 0) is 35.9 Å². The monoisotopic (exact) mass is 406 g/mol. The molecule has 6 nitrogen and oxygen atoms in total. The van der Waals surface area contributed by atoms with Gasteiger partial charge in [-0.3, -0.25) is 0 Å². The molecule has 0 unspecified atom stereocenters. The number of H-pyrrole nitrogens is 1. The molecule has 0 aliphatic carbocycles. The number of hydrogen-bond acceptors (Lipinski definition) is 4. The molecule has 146 valence electrons. The maximum absolute atomic E-state index is 13.5. The molecule has 0 saturated heterocycles. The Labute approximate surface area is 159 Å². The minimum absolute atomic E-state index is 0.0282. The Morgan fingerprint density at radius 3 is 2.54 bits per heavy atom. The first-order valence-electron chi connectivity index (χ1n) is 8.47. The second-order valence-electron chi connectivity index (χ2n) is 6.53. The molecule has 0 saturated carbocycles. The number of hydrogen-bond donors (Lipinski definition) is 1. The Balaban J connectivity index is 1.75. The van der Waals surface area contributed by atoms with Crippen molar-refractivity contribution in [3.8, 4) is 0 Å². The molecule has 9 heteroatoms. The highest BCUT2D eigenvalue weighted by molar-refractivity contribution is 7.89. The second kappa shape index (κ2) is 6.68. The van der Waals surface area contributed by atoms with E-state index in [0.29, 0.717) is 23.4 Å². The molecule has 3 aromatic rings. The molecular weight excluding hydrogens is 390 g/mol. The van der Waals surface area contributed by atoms with Crippen LogP contribution in [0.25, 0.3) is 10.9 Å². The van der Waals surface area contributed by atoms with Crippen molar-refractivity contribution in [1.29, 1.82) is 0 Å². The van der Waals surface area contributed by atoms with E-state index in [1.54, 1.807) is 18.2 Å². The van der Waals surface area contributed by atoms with Crippen LogP contribution in [0.15, 0.2) is 41.3 Å². The first-order chi connectivity index (χ1) is 13.3. The minimum Gasteiger partial charge on any atom is -0.465 e. The summed E-state index contributed by atoms with van der Waals surface area (Å²) in [7, 11) is -2.80. The summed E-state index contributed by atoms with van der Waals surface area (Å²) in [5, 5.41) is 0.711. The second-order valence-corrected chi connectivity index (χ2v) is 8.47. The van der Waals surface area contributed by atoms with Crippen LogP contribution in [0.2, 0.25) is 0 Å². The number of fused-ring (bicyclic) bond motifs is 3. The quantitative estimate of drug-likeness (QED) is 0.679. The molecule has 0 radical (unpaired) electrons. The van der Waals surface area contributed by atoms with Gasteiger partial charge >= 0.3 is 5.97 Å². The first kappa shape index (κ1) is 18.6. The maximum atomic E-state index is 13.5. The van der Waals surface area contributed by atoms with Crippen molar-refractivity contribution in [3.63, 3.8) is 0 Å². The van der Waals surface area contributed by atoms with Crippen molar-refractivity contribution in [2.75, 3.05) is 13.7 Å². The van der Waals surface area contributed by atoms with Crippen molar-refractivity contribution >= 4 is 26.9 Å². The zero-order valence-electron chi connectivity index (χ0n) is 14.8. The van der Waals surface area contributed by atoms with Crippen LogP contribution < -0.4 is 0 Å². The van der Waals surface area contributed by atoms with E-state index in [1.165, 1.54) is 11.4 Å². The summed E-state index contributed by atoms with van der Waals surface area (Å²) in [5.41, 5.74) is 2.72. The lowest BCUT2D eigenvalue weighted by Crippen LogP contribution is -2.35. The van der Waals surface area contributed by atoms with Gasteiger partial charge in [-0.2, -0.15) is 4.31 Å². The van der Waals surface area contributed by atoms with E-state index in [1.807, 2.05) is 0 Å². The Morgan fingerprint density at radius 1 is 1.14 bits per heavy atom. The molecule has 1 aliphatic rings. The zero-order chi connectivity index (χ0) is 20.1. The van der Waals surface area contributed by atoms with Gasteiger partial charge in [0.15, 0.2) is 0 Å². The number of carbonyl (C=O) groups is 1. The van der Waals surface area contributed by atoms with Crippen LogP contribution in [0.4, 0.5) is 8.78 Å². The summed E-state index contributed by atoms with van der Waals surface area (Å²) in [5.74, 6) is -2.40. The van der Waals surface area contributed by atoms with E-state index < -0.39 is 32.5 Å². The standard InChI is InChI=1S/C19H16F2N2O4S/c1-27-19(24)11-2-3-17-15(6-11)16-10-23(5-4-18(16)22-17)28(25,26)14-8-12(20)7-13(21)9-14/h2-3,6-9,22H,4-5,10H2,1H3. The number of nitrogens with one attached hydrogen (secondary N) is 1. The average Bonchev–Trinajstić information content (AvgIpc) is 3.03. The van der Waals surface area contributed by atoms with Crippen LogP contribution in [-0.4, -0.2) is 37.3 Å². The maximum Gasteiger partial charge on any atom is 0.337 e. The Hall–Kier alpha value is -2.78. The third kappa shape index (κ3) is 3.06. The van der Waals surface area contributed by atoms with E-state index in [9.17, 15) is 22.0 Å². The Kier molecular flexibility index (Phi) is 4.43. The van der Waals surface area contributed by atoms with Gasteiger partial charge in [0, 0.05) is 42.2 Å². The van der Waals surface area contributed by atoms with Gasteiger partial charge in [-0.15, -0.1) is 0 Å². The van der Waals surface area contributed by atoms with E-state index >= 15 is 0 Å². The number of ether oxygens (including phenoxy) is 1. The van der Waals surface area contributed by atoms with E-state index in [-0.39, 0.29) is 13.1 Å². The largest absolute Gasteiger partial charge is 0.465 e. The average molecular weight is 406 g/mol. The highest BCUT2D eigenvalue weighted by Gasteiger charge is 2.31. The molecule has 0 atom stereocenters. The molecule has 1 aliphatic heterocycles. The predicted molar refractivity (Wildman–Crippen MR) is 97.3 cm³/mol. The lowest BCUT2D eigenvalue weighted by molar-refractivity contribution is 0.0601. The molecule has 2 heterocycles. The van der Waals surface area contributed by atoms with E-state index in [4.69, 9.17) is 4.74 Å². The Morgan fingerprint density at radius 2 is 1.86 bits per heavy atom. The van der Waals surface area contributed by atoms with Crippen molar-refractivity contribution < 1.29 is 26.7 Å². The molecule has 1 N–H and O–H groups in total. The molecule has 1 aromatic heterocycles. The number of nitrogens with zero attached hydrogens (tertiary/aromatic N) is 1. The van der Waals surface area contributed by atoms with E-state index in [2.05, 4.69) is 4.98 Å². The number of rotatable bonds is 3. The molecule has 0 amide bonds. The number of esters is 1. The van der Waals surface area contributed by atoms with Crippen LogP contribution in [0, 0.1) is 11.6 Å². The topological polar surface area (TPSA) is 79.5 Å². The van der Waals surface area contributed by atoms with Gasteiger partial charge in [-0.1, -0.05) is 0 Å². The highest BCUT2D eigenvalue weighted by atomic mass is 32.2. The third-order valence-electron chi connectivity index (χ3n) is 4.84. The van der Waals surface area contributed by atoms with Crippen LogP contribution in [0.3, 0.4) is 0 Å². The van der Waals surface area contributed by atoms with Crippen molar-refractivity contribution in [2.45, 2.75) is 17.9 Å². The van der Waals surface area contributed by atoms with Gasteiger partial charge in [0.2, 0.25) is 10.0 Å². The van der Waals surface area contributed by atoms with Gasteiger partial charge in [0.25, 0.3) is 0 Å². The summed E-state index contributed by atoms with van der Waals surface area (Å²) in [6.45, 7) is 0.199. The van der Waals surface area contributed by atoms with Gasteiger partial charge < -0.3 is 9.72 Å². The van der Waals surface area contributed by atoms with Crippen molar-refractivity contribution in [1.82, 2.24) is 9.29 Å². The van der Waals surface area contributed by atoms with Crippen LogP contribution in [0.5, 0.6) is 0 Å². The lowest BCUT2D eigenvalue weighted by Gasteiger charge is -2.26. The number of aromatic amines is 1. The fraction of sp³-hybridized carbons (Fsp3) is 0.211. The van der Waals surface area contributed by atoms with Crippen molar-refractivity contribution in [2.24, 2.45) is 0 Å². The molecule has 0 fully saturated rings. The number of halogens is 2. The smallest absolute Gasteiger partial charge is 0.337 e. The Bertz CT molecular complexity index is 1180. The fourth-order valence-electron chi connectivity index (χ4n) is 3.47. The SMILES string of the molecule is COC(=O)c1ccc2[nH]c3c(c2c1)CN(S(=O)(=O)c1cc(F)cc(F)c1)CC3. The highest BCUT2D eigenvalue weighted by Crippen LogP contribution is 2.31.